The standard InChI is InChI=1S/C9H13F3O3/c1-3-7(2)8(13)15-5-4-14-6-9(10,11)12/h3H,4-6H2,1-2H3. The zero-order chi connectivity index (χ0) is 11.9. The first-order chi connectivity index (χ1) is 6.87. The van der Waals surface area contributed by atoms with Gasteiger partial charge in [-0.2, -0.15) is 13.2 Å². The van der Waals surface area contributed by atoms with Gasteiger partial charge in [0.25, 0.3) is 0 Å². The van der Waals surface area contributed by atoms with Crippen molar-refractivity contribution in [3.63, 3.8) is 0 Å². The summed E-state index contributed by atoms with van der Waals surface area (Å²) in [6, 6.07) is 0. The number of carbonyl (C=O) groups is 1. The third kappa shape index (κ3) is 7.99. The molecule has 6 heteroatoms. The van der Waals surface area contributed by atoms with Crippen LogP contribution in [0.3, 0.4) is 0 Å². The minimum Gasteiger partial charge on any atom is -0.460 e. The summed E-state index contributed by atoms with van der Waals surface area (Å²) in [5, 5.41) is 0. The maximum absolute atomic E-state index is 11.6. The number of halogens is 3. The van der Waals surface area contributed by atoms with Gasteiger partial charge in [0.2, 0.25) is 0 Å². The first-order valence-corrected chi connectivity index (χ1v) is 4.31. The van der Waals surface area contributed by atoms with Crippen molar-refractivity contribution in [3.8, 4) is 0 Å². The molecule has 0 aromatic carbocycles. The summed E-state index contributed by atoms with van der Waals surface area (Å²) in [5.41, 5.74) is 0.408. The molecule has 0 saturated heterocycles. The molecule has 0 saturated carbocycles. The van der Waals surface area contributed by atoms with E-state index in [2.05, 4.69) is 9.47 Å². The van der Waals surface area contributed by atoms with Crippen molar-refractivity contribution in [1.82, 2.24) is 0 Å². The third-order valence-electron chi connectivity index (χ3n) is 1.48. The number of hydrogen-bond donors (Lipinski definition) is 0. The predicted octanol–water partition coefficient (Wildman–Crippen LogP) is 2.07. The van der Waals surface area contributed by atoms with E-state index in [0.29, 0.717) is 5.57 Å². The van der Waals surface area contributed by atoms with Gasteiger partial charge in [-0.3, -0.25) is 0 Å². The number of carbonyl (C=O) groups excluding carboxylic acids is 1. The van der Waals surface area contributed by atoms with Gasteiger partial charge in [-0.05, 0) is 13.8 Å². The van der Waals surface area contributed by atoms with Crippen LogP contribution in [-0.4, -0.2) is 32.0 Å². The van der Waals surface area contributed by atoms with E-state index < -0.39 is 18.8 Å². The van der Waals surface area contributed by atoms with E-state index in [-0.39, 0.29) is 13.2 Å². The molecule has 0 amide bonds. The number of rotatable bonds is 5. The quantitative estimate of drug-likeness (QED) is 0.409. The van der Waals surface area contributed by atoms with Gasteiger partial charge < -0.3 is 9.47 Å². The maximum atomic E-state index is 11.6. The summed E-state index contributed by atoms with van der Waals surface area (Å²) in [5.74, 6) is -0.548. The summed E-state index contributed by atoms with van der Waals surface area (Å²) in [6.45, 7) is 1.45. The smallest absolute Gasteiger partial charge is 0.411 e. The molecule has 0 unspecified atom stereocenters. The molecule has 0 fully saturated rings. The van der Waals surface area contributed by atoms with E-state index in [1.54, 1.807) is 19.9 Å². The lowest BCUT2D eigenvalue weighted by molar-refractivity contribution is -0.177. The maximum Gasteiger partial charge on any atom is 0.411 e. The average Bonchev–Trinajstić information content (AvgIpc) is 2.14. The lowest BCUT2D eigenvalue weighted by Crippen LogP contribution is -2.19. The van der Waals surface area contributed by atoms with Crippen molar-refractivity contribution in [3.05, 3.63) is 11.6 Å². The highest BCUT2D eigenvalue weighted by Gasteiger charge is 2.27. The van der Waals surface area contributed by atoms with Crippen molar-refractivity contribution in [2.24, 2.45) is 0 Å². The predicted molar refractivity (Wildman–Crippen MR) is 47.3 cm³/mol. The molecule has 0 spiro atoms. The molecular weight excluding hydrogens is 213 g/mol. The van der Waals surface area contributed by atoms with Crippen LogP contribution in [0.4, 0.5) is 13.2 Å². The van der Waals surface area contributed by atoms with Crippen LogP contribution in [0.15, 0.2) is 11.6 Å². The minimum absolute atomic E-state index is 0.180. The van der Waals surface area contributed by atoms with Crippen LogP contribution in [0.2, 0.25) is 0 Å². The first-order valence-electron chi connectivity index (χ1n) is 4.31. The summed E-state index contributed by atoms with van der Waals surface area (Å²) in [4.78, 5) is 11.0. The Labute approximate surface area is 85.9 Å². The molecule has 15 heavy (non-hydrogen) atoms. The Morgan fingerprint density at radius 1 is 1.33 bits per heavy atom. The highest BCUT2D eigenvalue weighted by Crippen LogP contribution is 2.14. The number of esters is 1. The third-order valence-corrected chi connectivity index (χ3v) is 1.48. The summed E-state index contributed by atoms with van der Waals surface area (Å²) < 4.78 is 43.6. The van der Waals surface area contributed by atoms with Crippen LogP contribution in [0.1, 0.15) is 13.8 Å². The van der Waals surface area contributed by atoms with Crippen LogP contribution >= 0.6 is 0 Å². The Morgan fingerprint density at radius 3 is 2.40 bits per heavy atom. The van der Waals surface area contributed by atoms with Crippen molar-refractivity contribution in [1.29, 1.82) is 0 Å². The molecule has 3 nitrogen and oxygen atoms in total. The zero-order valence-corrected chi connectivity index (χ0v) is 8.56. The van der Waals surface area contributed by atoms with Crippen molar-refractivity contribution in [2.75, 3.05) is 19.8 Å². The summed E-state index contributed by atoms with van der Waals surface area (Å²) in [6.07, 6.45) is -2.79. The molecule has 0 aliphatic rings. The fraction of sp³-hybridized carbons (Fsp3) is 0.667. The summed E-state index contributed by atoms with van der Waals surface area (Å²) >= 11 is 0. The summed E-state index contributed by atoms with van der Waals surface area (Å²) in [7, 11) is 0. The van der Waals surface area contributed by atoms with Gasteiger partial charge in [0.1, 0.15) is 13.2 Å². The van der Waals surface area contributed by atoms with Crippen molar-refractivity contribution < 1.29 is 27.4 Å². The molecule has 0 bridgehead atoms. The lowest BCUT2D eigenvalue weighted by Gasteiger charge is -2.08. The van der Waals surface area contributed by atoms with E-state index in [1.165, 1.54) is 0 Å². The molecule has 88 valence electrons. The lowest BCUT2D eigenvalue weighted by atomic mass is 10.3. The minimum atomic E-state index is -4.34. The number of alkyl halides is 3. The molecule has 0 atom stereocenters. The molecular formula is C9H13F3O3. The second-order valence-electron chi connectivity index (χ2n) is 2.78. The van der Waals surface area contributed by atoms with Gasteiger partial charge in [0.05, 0.1) is 6.61 Å². The van der Waals surface area contributed by atoms with E-state index in [0.717, 1.165) is 0 Å². The molecule has 0 aliphatic carbocycles. The topological polar surface area (TPSA) is 35.5 Å². The largest absolute Gasteiger partial charge is 0.460 e. The second-order valence-corrected chi connectivity index (χ2v) is 2.78. The van der Waals surface area contributed by atoms with E-state index >= 15 is 0 Å². The number of ether oxygens (including phenoxy) is 2. The molecule has 0 heterocycles. The van der Waals surface area contributed by atoms with Crippen LogP contribution in [0.25, 0.3) is 0 Å². The van der Waals surface area contributed by atoms with Gasteiger partial charge in [-0.15, -0.1) is 0 Å². The van der Waals surface area contributed by atoms with Gasteiger partial charge in [-0.1, -0.05) is 6.08 Å². The van der Waals surface area contributed by atoms with Gasteiger partial charge in [-0.25, -0.2) is 4.79 Å². The SMILES string of the molecule is CC=C(C)C(=O)OCCOCC(F)(F)F. The zero-order valence-electron chi connectivity index (χ0n) is 8.56. The Morgan fingerprint density at radius 2 is 1.93 bits per heavy atom. The Hall–Kier alpha value is -1.04. The molecule has 0 rings (SSSR count). The Bertz CT molecular complexity index is 233. The van der Waals surface area contributed by atoms with Crippen LogP contribution in [0, 0.1) is 0 Å². The highest BCUT2D eigenvalue weighted by molar-refractivity contribution is 5.87. The van der Waals surface area contributed by atoms with Gasteiger partial charge in [0.15, 0.2) is 0 Å². The van der Waals surface area contributed by atoms with E-state index in [1.807, 2.05) is 0 Å². The van der Waals surface area contributed by atoms with Gasteiger partial charge >= 0.3 is 12.1 Å². The highest BCUT2D eigenvalue weighted by atomic mass is 19.4. The van der Waals surface area contributed by atoms with E-state index in [4.69, 9.17) is 0 Å². The second kappa shape index (κ2) is 6.44. The van der Waals surface area contributed by atoms with Crippen molar-refractivity contribution in [2.45, 2.75) is 20.0 Å². The van der Waals surface area contributed by atoms with Crippen LogP contribution < -0.4 is 0 Å². The Balaban J connectivity index is 3.52. The fourth-order valence-corrected chi connectivity index (χ4v) is 0.613. The fourth-order valence-electron chi connectivity index (χ4n) is 0.613. The molecule has 0 aromatic heterocycles. The molecule has 0 aromatic rings. The van der Waals surface area contributed by atoms with Crippen LogP contribution in [-0.2, 0) is 14.3 Å². The van der Waals surface area contributed by atoms with Crippen molar-refractivity contribution >= 4 is 5.97 Å². The average molecular weight is 226 g/mol. The first kappa shape index (κ1) is 14.0. The number of hydrogen-bond acceptors (Lipinski definition) is 3. The molecule has 0 radical (unpaired) electrons. The van der Waals surface area contributed by atoms with Crippen LogP contribution in [0.5, 0.6) is 0 Å². The molecule has 0 aliphatic heterocycles. The monoisotopic (exact) mass is 226 g/mol. The Kier molecular flexibility index (Phi) is 6.00. The van der Waals surface area contributed by atoms with Gasteiger partial charge in [0, 0.05) is 5.57 Å². The number of allylic oxidation sites excluding steroid dienone is 1. The molecule has 0 N–H and O–H groups in total. The normalized spacial score (nSPS) is 12.7. The van der Waals surface area contributed by atoms with E-state index in [9.17, 15) is 18.0 Å².